The Balaban J connectivity index is 1.52. The minimum atomic E-state index is -0.399. The summed E-state index contributed by atoms with van der Waals surface area (Å²) in [4.78, 5) is 19.8. The molecule has 0 radical (unpaired) electrons. The van der Waals surface area contributed by atoms with E-state index >= 15 is 0 Å². The Kier molecular flexibility index (Phi) is 5.68. The molecule has 2 aromatic rings. The van der Waals surface area contributed by atoms with Crippen LogP contribution in [0.15, 0.2) is 16.9 Å². The zero-order valence-electron chi connectivity index (χ0n) is 15.3. The molecule has 0 bridgehead atoms. The number of fused-ring (bicyclic) bond motifs is 1. The maximum atomic E-state index is 14.4. The second kappa shape index (κ2) is 8.19. The highest BCUT2D eigenvalue weighted by Gasteiger charge is 2.20. The Morgan fingerprint density at radius 1 is 1.19 bits per heavy atom. The molecule has 1 aromatic heterocycles. The zero-order chi connectivity index (χ0) is 18.8. The van der Waals surface area contributed by atoms with Gasteiger partial charge in [0.25, 0.3) is 5.56 Å². The van der Waals surface area contributed by atoms with Gasteiger partial charge in [-0.3, -0.25) is 4.79 Å². The molecule has 2 fully saturated rings. The van der Waals surface area contributed by atoms with E-state index in [0.29, 0.717) is 39.5 Å². The summed E-state index contributed by atoms with van der Waals surface area (Å²) in [6, 6.07) is 3.26. The van der Waals surface area contributed by atoms with Gasteiger partial charge in [-0.05, 0) is 50.7 Å². The van der Waals surface area contributed by atoms with Crippen LogP contribution in [-0.4, -0.2) is 32.5 Å². The number of hydrogen-bond acceptors (Lipinski definition) is 5. The summed E-state index contributed by atoms with van der Waals surface area (Å²) in [5.41, 5.74) is 0.684. The fraction of sp³-hybridized carbons (Fsp3) is 0.600. The SMILES string of the molecule is O=c1[nH]c(CS[C@H]2CC[C@H](O)CC2)nc2cc(NC3CCCC3)c(F)cc12. The lowest BCUT2D eigenvalue weighted by molar-refractivity contribution is 0.132. The second-order valence-electron chi connectivity index (χ2n) is 7.73. The van der Waals surface area contributed by atoms with Crippen LogP contribution in [0.25, 0.3) is 10.9 Å². The highest BCUT2D eigenvalue weighted by molar-refractivity contribution is 7.99. The number of anilines is 1. The van der Waals surface area contributed by atoms with Crippen LogP contribution in [0.3, 0.4) is 0 Å². The molecule has 0 unspecified atom stereocenters. The summed E-state index contributed by atoms with van der Waals surface area (Å²) in [6.45, 7) is 0. The number of nitrogens with zero attached hydrogens (tertiary/aromatic N) is 1. The zero-order valence-corrected chi connectivity index (χ0v) is 16.2. The van der Waals surface area contributed by atoms with Crippen LogP contribution in [-0.2, 0) is 5.75 Å². The van der Waals surface area contributed by atoms with E-state index in [9.17, 15) is 14.3 Å². The molecule has 0 amide bonds. The predicted molar refractivity (Wildman–Crippen MR) is 108 cm³/mol. The Hall–Kier alpha value is -1.60. The normalized spacial score (nSPS) is 23.8. The molecule has 0 aliphatic heterocycles. The van der Waals surface area contributed by atoms with Gasteiger partial charge in [-0.1, -0.05) is 12.8 Å². The van der Waals surface area contributed by atoms with E-state index in [1.165, 1.54) is 18.9 Å². The Bertz CT molecular complexity index is 858. The van der Waals surface area contributed by atoms with E-state index in [0.717, 1.165) is 38.5 Å². The maximum Gasteiger partial charge on any atom is 0.258 e. The van der Waals surface area contributed by atoms with Gasteiger partial charge in [-0.15, -0.1) is 0 Å². The third-order valence-electron chi connectivity index (χ3n) is 5.66. The van der Waals surface area contributed by atoms with Gasteiger partial charge in [-0.25, -0.2) is 9.37 Å². The van der Waals surface area contributed by atoms with Crippen LogP contribution >= 0.6 is 11.8 Å². The topological polar surface area (TPSA) is 78.0 Å². The van der Waals surface area contributed by atoms with Crippen molar-refractivity contribution in [2.45, 2.75) is 74.5 Å². The molecule has 0 spiro atoms. The average Bonchev–Trinajstić information content (AvgIpc) is 3.16. The molecular weight excluding hydrogens is 365 g/mol. The standard InChI is InChI=1S/C20H26FN3O2S/c21-16-9-15-17(10-18(16)22-12-3-1-2-4-12)23-19(24-20(15)26)11-27-14-7-5-13(25)6-8-14/h9-10,12-14,22,25H,1-8,11H2,(H,23,24,26)/t13-,14-. The summed E-state index contributed by atoms with van der Waals surface area (Å²) in [5.74, 6) is 0.848. The van der Waals surface area contributed by atoms with E-state index in [4.69, 9.17) is 0 Å². The third-order valence-corrected chi connectivity index (χ3v) is 7.04. The number of aliphatic hydroxyl groups excluding tert-OH is 1. The van der Waals surface area contributed by atoms with Crippen molar-refractivity contribution in [3.05, 3.63) is 34.1 Å². The van der Waals surface area contributed by atoms with Gasteiger partial charge in [0.15, 0.2) is 0 Å². The Morgan fingerprint density at radius 3 is 2.67 bits per heavy atom. The van der Waals surface area contributed by atoms with Crippen LogP contribution in [0.4, 0.5) is 10.1 Å². The van der Waals surface area contributed by atoms with Crippen molar-refractivity contribution in [3.8, 4) is 0 Å². The summed E-state index contributed by atoms with van der Waals surface area (Å²) in [6.07, 6.45) is 7.95. The molecule has 4 rings (SSSR count). The number of aromatic nitrogens is 2. The average molecular weight is 392 g/mol. The number of H-pyrrole nitrogens is 1. The number of nitrogens with one attached hydrogen (secondary N) is 2. The molecule has 2 aliphatic rings. The van der Waals surface area contributed by atoms with Gasteiger partial charge < -0.3 is 15.4 Å². The van der Waals surface area contributed by atoms with Crippen molar-refractivity contribution < 1.29 is 9.50 Å². The second-order valence-corrected chi connectivity index (χ2v) is 9.02. The third kappa shape index (κ3) is 4.46. The largest absolute Gasteiger partial charge is 0.393 e. The quantitative estimate of drug-likeness (QED) is 0.719. The first-order valence-electron chi connectivity index (χ1n) is 9.87. The van der Waals surface area contributed by atoms with Crippen molar-refractivity contribution in [1.82, 2.24) is 9.97 Å². The fourth-order valence-corrected chi connectivity index (χ4v) is 5.22. The highest BCUT2D eigenvalue weighted by Crippen LogP contribution is 2.30. The van der Waals surface area contributed by atoms with Gasteiger partial charge >= 0.3 is 0 Å². The van der Waals surface area contributed by atoms with Gasteiger partial charge in [0.05, 0.1) is 28.4 Å². The molecule has 1 aromatic carbocycles. The molecule has 27 heavy (non-hydrogen) atoms. The van der Waals surface area contributed by atoms with Crippen LogP contribution in [0, 0.1) is 5.82 Å². The van der Waals surface area contributed by atoms with E-state index in [2.05, 4.69) is 15.3 Å². The lowest BCUT2D eigenvalue weighted by Gasteiger charge is -2.24. The number of rotatable bonds is 5. The van der Waals surface area contributed by atoms with E-state index in [1.54, 1.807) is 17.8 Å². The molecule has 0 saturated heterocycles. The predicted octanol–water partition coefficient (Wildman–Crippen LogP) is 3.95. The van der Waals surface area contributed by atoms with Gasteiger partial charge in [-0.2, -0.15) is 11.8 Å². The summed E-state index contributed by atoms with van der Waals surface area (Å²) < 4.78 is 14.4. The minimum absolute atomic E-state index is 0.166. The number of thioether (sulfide) groups is 1. The van der Waals surface area contributed by atoms with Gasteiger partial charge in [0.1, 0.15) is 11.6 Å². The molecule has 0 atom stereocenters. The number of benzene rings is 1. The number of aromatic amines is 1. The van der Waals surface area contributed by atoms with E-state index < -0.39 is 5.82 Å². The molecule has 2 aliphatic carbocycles. The van der Waals surface area contributed by atoms with E-state index in [-0.39, 0.29) is 11.7 Å². The number of aliphatic hydroxyl groups is 1. The first-order chi connectivity index (χ1) is 13.1. The summed E-state index contributed by atoms with van der Waals surface area (Å²) >= 11 is 1.77. The fourth-order valence-electron chi connectivity index (χ4n) is 4.09. The maximum absolute atomic E-state index is 14.4. The summed E-state index contributed by atoms with van der Waals surface area (Å²) in [7, 11) is 0. The lowest BCUT2D eigenvalue weighted by Crippen LogP contribution is -2.20. The summed E-state index contributed by atoms with van der Waals surface area (Å²) in [5, 5.41) is 13.7. The number of hydrogen-bond donors (Lipinski definition) is 3. The van der Waals surface area contributed by atoms with Crippen molar-refractivity contribution >= 4 is 28.4 Å². The van der Waals surface area contributed by atoms with Crippen LogP contribution in [0.2, 0.25) is 0 Å². The van der Waals surface area contributed by atoms with Crippen molar-refractivity contribution in [2.75, 3.05) is 5.32 Å². The first kappa shape index (κ1) is 18.7. The van der Waals surface area contributed by atoms with Crippen LogP contribution < -0.4 is 10.9 Å². The molecule has 5 nitrogen and oxygen atoms in total. The van der Waals surface area contributed by atoms with Gasteiger partial charge in [0, 0.05) is 11.3 Å². The minimum Gasteiger partial charge on any atom is -0.393 e. The smallest absolute Gasteiger partial charge is 0.258 e. The van der Waals surface area contributed by atoms with Crippen LogP contribution in [0.1, 0.15) is 57.2 Å². The lowest BCUT2D eigenvalue weighted by atomic mass is 9.97. The molecular formula is C20H26FN3O2S. The Morgan fingerprint density at radius 2 is 1.93 bits per heavy atom. The molecule has 2 saturated carbocycles. The first-order valence-corrected chi connectivity index (χ1v) is 10.9. The van der Waals surface area contributed by atoms with Crippen molar-refractivity contribution in [3.63, 3.8) is 0 Å². The monoisotopic (exact) mass is 391 g/mol. The molecule has 146 valence electrons. The highest BCUT2D eigenvalue weighted by atomic mass is 32.2. The van der Waals surface area contributed by atoms with E-state index in [1.807, 2.05) is 0 Å². The van der Waals surface area contributed by atoms with Crippen LogP contribution in [0.5, 0.6) is 0 Å². The number of halogens is 1. The Labute approximate surface area is 162 Å². The molecule has 3 N–H and O–H groups in total. The molecule has 7 heteroatoms. The molecule has 1 heterocycles. The van der Waals surface area contributed by atoms with Crippen molar-refractivity contribution in [2.24, 2.45) is 0 Å². The van der Waals surface area contributed by atoms with Gasteiger partial charge in [0.2, 0.25) is 0 Å². The van der Waals surface area contributed by atoms with Crippen molar-refractivity contribution in [1.29, 1.82) is 0 Å².